The molecule has 0 radical (unpaired) electrons. The predicted molar refractivity (Wildman–Crippen MR) is 104 cm³/mol. The highest BCUT2D eigenvalue weighted by Crippen LogP contribution is 2.30. The third-order valence-electron chi connectivity index (χ3n) is 4.44. The van der Waals surface area contributed by atoms with E-state index < -0.39 is 0 Å². The number of piperazine rings is 1. The zero-order chi connectivity index (χ0) is 19.4. The highest BCUT2D eigenvalue weighted by molar-refractivity contribution is 6.31. The van der Waals surface area contributed by atoms with Crippen molar-refractivity contribution in [3.63, 3.8) is 0 Å². The first-order valence-electron chi connectivity index (χ1n) is 8.58. The number of methoxy groups -OCH3 is 1. The van der Waals surface area contributed by atoms with Crippen molar-refractivity contribution < 1.29 is 14.3 Å². The Balaban J connectivity index is 1.73. The molecule has 8 heteroatoms. The van der Waals surface area contributed by atoms with Crippen molar-refractivity contribution in [3.8, 4) is 5.75 Å². The topological polar surface area (TPSA) is 74.8 Å². The molecule has 142 valence electrons. The second-order valence-electron chi connectivity index (χ2n) is 6.23. The summed E-state index contributed by atoms with van der Waals surface area (Å²) in [4.78, 5) is 31.8. The average Bonchev–Trinajstić information content (AvgIpc) is 2.68. The van der Waals surface area contributed by atoms with Gasteiger partial charge in [-0.15, -0.1) is 0 Å². The molecule has 2 aromatic rings. The minimum Gasteiger partial charge on any atom is -0.495 e. The van der Waals surface area contributed by atoms with Crippen LogP contribution in [0.15, 0.2) is 36.7 Å². The molecule has 1 aliphatic rings. The summed E-state index contributed by atoms with van der Waals surface area (Å²) in [5.41, 5.74) is 1.83. The predicted octanol–water partition coefficient (Wildman–Crippen LogP) is 2.79. The SMILES string of the molecule is COc1ccc(Cl)cc1Nc1cncc(C(=O)N2CCN(C(C)=O)CC2)c1. The summed E-state index contributed by atoms with van der Waals surface area (Å²) >= 11 is 6.06. The van der Waals surface area contributed by atoms with Gasteiger partial charge in [0, 0.05) is 44.3 Å². The van der Waals surface area contributed by atoms with E-state index >= 15 is 0 Å². The van der Waals surface area contributed by atoms with Crippen LogP contribution < -0.4 is 10.1 Å². The van der Waals surface area contributed by atoms with Crippen LogP contribution in [0.2, 0.25) is 5.02 Å². The minimum atomic E-state index is -0.104. The van der Waals surface area contributed by atoms with Gasteiger partial charge >= 0.3 is 0 Å². The van der Waals surface area contributed by atoms with Crippen molar-refractivity contribution in [3.05, 3.63) is 47.2 Å². The maximum Gasteiger partial charge on any atom is 0.255 e. The van der Waals surface area contributed by atoms with E-state index in [1.54, 1.807) is 60.5 Å². The Labute approximate surface area is 162 Å². The molecule has 27 heavy (non-hydrogen) atoms. The summed E-state index contributed by atoms with van der Waals surface area (Å²) in [7, 11) is 1.58. The van der Waals surface area contributed by atoms with Gasteiger partial charge in [0.25, 0.3) is 5.91 Å². The minimum absolute atomic E-state index is 0.0328. The van der Waals surface area contributed by atoms with Crippen LogP contribution in [0, 0.1) is 0 Å². The van der Waals surface area contributed by atoms with Gasteiger partial charge in [-0.05, 0) is 24.3 Å². The number of pyridine rings is 1. The summed E-state index contributed by atoms with van der Waals surface area (Å²) in [6, 6.07) is 6.99. The number of nitrogens with one attached hydrogen (secondary N) is 1. The van der Waals surface area contributed by atoms with E-state index in [2.05, 4.69) is 10.3 Å². The molecule has 1 aromatic heterocycles. The lowest BCUT2D eigenvalue weighted by Crippen LogP contribution is -2.50. The van der Waals surface area contributed by atoms with Crippen LogP contribution in [0.3, 0.4) is 0 Å². The summed E-state index contributed by atoms with van der Waals surface area (Å²) in [6.45, 7) is 3.66. The first-order valence-corrected chi connectivity index (χ1v) is 8.96. The molecule has 1 saturated heterocycles. The van der Waals surface area contributed by atoms with Crippen molar-refractivity contribution in [2.45, 2.75) is 6.92 Å². The van der Waals surface area contributed by atoms with Gasteiger partial charge in [-0.3, -0.25) is 14.6 Å². The van der Waals surface area contributed by atoms with E-state index in [4.69, 9.17) is 16.3 Å². The number of benzene rings is 1. The van der Waals surface area contributed by atoms with Gasteiger partial charge in [0.15, 0.2) is 0 Å². The molecule has 0 bridgehead atoms. The number of anilines is 2. The highest BCUT2D eigenvalue weighted by atomic mass is 35.5. The van der Waals surface area contributed by atoms with Crippen LogP contribution in [0.5, 0.6) is 5.75 Å². The first-order chi connectivity index (χ1) is 13.0. The van der Waals surface area contributed by atoms with Crippen molar-refractivity contribution in [1.29, 1.82) is 0 Å². The zero-order valence-corrected chi connectivity index (χ0v) is 16.0. The maximum absolute atomic E-state index is 12.8. The molecule has 7 nitrogen and oxygen atoms in total. The highest BCUT2D eigenvalue weighted by Gasteiger charge is 2.23. The molecule has 2 heterocycles. The fourth-order valence-corrected chi connectivity index (χ4v) is 3.14. The Hall–Kier alpha value is -2.80. The van der Waals surface area contributed by atoms with Crippen molar-refractivity contribution in [1.82, 2.24) is 14.8 Å². The average molecular weight is 389 g/mol. The summed E-state index contributed by atoms with van der Waals surface area (Å²) in [6.07, 6.45) is 3.17. The van der Waals surface area contributed by atoms with Gasteiger partial charge in [0.2, 0.25) is 5.91 Å². The fraction of sp³-hybridized carbons (Fsp3) is 0.316. The molecule has 0 atom stereocenters. The third-order valence-corrected chi connectivity index (χ3v) is 4.67. The molecule has 2 amide bonds. The molecule has 1 N–H and O–H groups in total. The molecule has 0 saturated carbocycles. The van der Waals surface area contributed by atoms with E-state index in [0.29, 0.717) is 53.9 Å². The van der Waals surface area contributed by atoms with Gasteiger partial charge in [-0.2, -0.15) is 0 Å². The smallest absolute Gasteiger partial charge is 0.255 e. The third kappa shape index (κ3) is 4.49. The normalized spacial score (nSPS) is 14.0. The van der Waals surface area contributed by atoms with E-state index in [1.807, 2.05) is 0 Å². The molecule has 1 fully saturated rings. The number of carbonyl (C=O) groups is 2. The Morgan fingerprint density at radius 3 is 2.48 bits per heavy atom. The largest absolute Gasteiger partial charge is 0.495 e. The van der Waals surface area contributed by atoms with E-state index in [-0.39, 0.29) is 11.8 Å². The lowest BCUT2D eigenvalue weighted by molar-refractivity contribution is -0.130. The second-order valence-corrected chi connectivity index (χ2v) is 6.67. The summed E-state index contributed by atoms with van der Waals surface area (Å²) in [5, 5.41) is 3.76. The molecule has 0 spiro atoms. The lowest BCUT2D eigenvalue weighted by Gasteiger charge is -2.34. The van der Waals surface area contributed by atoms with Crippen LogP contribution in [-0.4, -0.2) is 59.9 Å². The van der Waals surface area contributed by atoms with Crippen LogP contribution in [0.4, 0.5) is 11.4 Å². The van der Waals surface area contributed by atoms with Gasteiger partial charge < -0.3 is 19.9 Å². The number of ether oxygens (including phenoxy) is 1. The number of nitrogens with zero attached hydrogens (tertiary/aromatic N) is 3. The van der Waals surface area contributed by atoms with E-state index in [0.717, 1.165) is 0 Å². The molecular weight excluding hydrogens is 368 g/mol. The molecule has 1 aliphatic heterocycles. The van der Waals surface area contributed by atoms with Crippen molar-refractivity contribution in [2.24, 2.45) is 0 Å². The number of carbonyl (C=O) groups excluding carboxylic acids is 2. The van der Waals surface area contributed by atoms with Crippen molar-refractivity contribution in [2.75, 3.05) is 38.6 Å². The molecular formula is C19H21ClN4O3. The first kappa shape index (κ1) is 19.0. The Morgan fingerprint density at radius 2 is 1.81 bits per heavy atom. The Morgan fingerprint density at radius 1 is 1.11 bits per heavy atom. The Bertz CT molecular complexity index is 851. The van der Waals surface area contributed by atoms with Gasteiger partial charge in [0.05, 0.1) is 30.2 Å². The zero-order valence-electron chi connectivity index (χ0n) is 15.2. The fourth-order valence-electron chi connectivity index (χ4n) is 2.97. The second kappa shape index (κ2) is 8.26. The van der Waals surface area contributed by atoms with Crippen molar-refractivity contribution >= 4 is 34.8 Å². The number of rotatable bonds is 4. The van der Waals surface area contributed by atoms with Crippen LogP contribution in [-0.2, 0) is 4.79 Å². The van der Waals surface area contributed by atoms with Gasteiger partial charge in [-0.1, -0.05) is 11.6 Å². The van der Waals surface area contributed by atoms with E-state index in [9.17, 15) is 9.59 Å². The number of aromatic nitrogens is 1. The van der Waals surface area contributed by atoms with Crippen LogP contribution in [0.1, 0.15) is 17.3 Å². The van der Waals surface area contributed by atoms with Gasteiger partial charge in [0.1, 0.15) is 5.75 Å². The quantitative estimate of drug-likeness (QED) is 0.871. The van der Waals surface area contributed by atoms with Crippen LogP contribution >= 0.6 is 11.6 Å². The monoisotopic (exact) mass is 388 g/mol. The molecule has 1 aromatic carbocycles. The molecule has 0 aliphatic carbocycles. The number of hydrogen-bond donors (Lipinski definition) is 1. The number of amides is 2. The Kier molecular flexibility index (Phi) is 5.81. The molecule has 3 rings (SSSR count). The summed E-state index contributed by atoms with van der Waals surface area (Å²) < 4.78 is 5.33. The van der Waals surface area contributed by atoms with Crippen LogP contribution in [0.25, 0.3) is 0 Å². The van der Waals surface area contributed by atoms with Gasteiger partial charge in [-0.25, -0.2) is 0 Å². The van der Waals surface area contributed by atoms with E-state index in [1.165, 1.54) is 0 Å². The standard InChI is InChI=1S/C19H21ClN4O3/c1-13(25)23-5-7-24(8-6-23)19(26)14-9-16(12-21-11-14)22-17-10-15(20)3-4-18(17)27-2/h3-4,9-12,22H,5-8H2,1-2H3. The lowest BCUT2D eigenvalue weighted by atomic mass is 10.2. The number of hydrogen-bond acceptors (Lipinski definition) is 5. The molecule has 0 unspecified atom stereocenters. The number of halogens is 1. The summed E-state index contributed by atoms with van der Waals surface area (Å²) in [5.74, 6) is 0.564. The maximum atomic E-state index is 12.8.